The monoisotopic (exact) mass is 434 g/mol. The molecule has 2 aliphatic rings. The van der Waals surface area contributed by atoms with Crippen molar-refractivity contribution in [3.8, 4) is 5.88 Å². The van der Waals surface area contributed by atoms with Crippen LogP contribution >= 0.6 is 0 Å². The zero-order chi connectivity index (χ0) is 21.8. The highest BCUT2D eigenvalue weighted by Gasteiger charge is 2.26. The topological polar surface area (TPSA) is 102 Å². The largest absolute Gasteiger partial charge is 0.474 e. The van der Waals surface area contributed by atoms with Gasteiger partial charge in [0.15, 0.2) is 0 Å². The first-order valence-corrected chi connectivity index (χ1v) is 11.1. The Morgan fingerprint density at radius 2 is 1.78 bits per heavy atom. The lowest BCUT2D eigenvalue weighted by atomic mass is 9.93. The number of hydrogen-bond acceptors (Lipinski definition) is 8. The molecule has 0 unspecified atom stereocenters. The summed E-state index contributed by atoms with van der Waals surface area (Å²) in [7, 11) is 0. The van der Waals surface area contributed by atoms with E-state index in [1.165, 1.54) is 0 Å². The van der Waals surface area contributed by atoms with Crippen molar-refractivity contribution >= 4 is 22.6 Å². The van der Waals surface area contributed by atoms with Crippen LogP contribution in [0.5, 0.6) is 5.88 Å². The second kappa shape index (κ2) is 9.44. The predicted molar refractivity (Wildman–Crippen MR) is 119 cm³/mol. The minimum Gasteiger partial charge on any atom is -0.474 e. The summed E-state index contributed by atoms with van der Waals surface area (Å²) in [6.07, 6.45) is 8.34. The second-order valence-electron chi connectivity index (χ2n) is 8.09. The molecule has 5 rings (SSSR count). The van der Waals surface area contributed by atoms with Crippen molar-refractivity contribution in [2.24, 2.45) is 0 Å². The molecular weight excluding hydrogens is 408 g/mol. The number of hydrogen-bond donors (Lipinski definition) is 1. The van der Waals surface area contributed by atoms with E-state index in [-0.39, 0.29) is 23.9 Å². The summed E-state index contributed by atoms with van der Waals surface area (Å²) in [5.74, 6) is 1.47. The van der Waals surface area contributed by atoms with Crippen molar-refractivity contribution in [2.75, 3.05) is 31.2 Å². The number of carbonyl (C=O) groups is 1. The molecule has 0 bridgehead atoms. The standard InChI is InChI=1S/C23H26N6O3/c30-22(21-25-9-2-10-26-21)27-16-4-6-17(7-5-16)32-23-18-3-1-8-24-19(18)15-20(28-23)29-11-13-31-14-12-29/h1-3,8-10,15-17H,4-7,11-14H2,(H,27,30). The average molecular weight is 435 g/mol. The molecule has 3 aromatic rings. The molecule has 0 radical (unpaired) electrons. The summed E-state index contributed by atoms with van der Waals surface area (Å²) < 4.78 is 11.9. The van der Waals surface area contributed by atoms with E-state index in [4.69, 9.17) is 14.5 Å². The van der Waals surface area contributed by atoms with Crippen LogP contribution in [0.3, 0.4) is 0 Å². The third-order valence-corrected chi connectivity index (χ3v) is 5.94. The van der Waals surface area contributed by atoms with Crippen LogP contribution in [0.1, 0.15) is 36.3 Å². The lowest BCUT2D eigenvalue weighted by Gasteiger charge is -2.30. The third-order valence-electron chi connectivity index (χ3n) is 5.94. The van der Waals surface area contributed by atoms with Gasteiger partial charge in [0.1, 0.15) is 11.9 Å². The first-order valence-electron chi connectivity index (χ1n) is 11.1. The molecule has 1 saturated heterocycles. The molecular formula is C23H26N6O3. The summed E-state index contributed by atoms with van der Waals surface area (Å²) in [5, 5.41) is 3.96. The van der Waals surface area contributed by atoms with Gasteiger partial charge in [-0.15, -0.1) is 0 Å². The number of nitrogens with one attached hydrogen (secondary N) is 1. The number of amides is 1. The van der Waals surface area contributed by atoms with Crippen LogP contribution in [0.2, 0.25) is 0 Å². The maximum Gasteiger partial charge on any atom is 0.289 e. The van der Waals surface area contributed by atoms with Gasteiger partial charge in [-0.25, -0.2) is 9.97 Å². The molecule has 32 heavy (non-hydrogen) atoms. The third kappa shape index (κ3) is 4.62. The van der Waals surface area contributed by atoms with Gasteiger partial charge in [0.2, 0.25) is 11.7 Å². The van der Waals surface area contributed by atoms with Crippen molar-refractivity contribution in [2.45, 2.75) is 37.8 Å². The zero-order valence-corrected chi connectivity index (χ0v) is 17.8. The fourth-order valence-corrected chi connectivity index (χ4v) is 4.23. The number of nitrogens with zero attached hydrogens (tertiary/aromatic N) is 5. The summed E-state index contributed by atoms with van der Waals surface area (Å²) in [6, 6.07) is 7.71. The number of morpholine rings is 1. The first-order chi connectivity index (χ1) is 15.8. The quantitative estimate of drug-likeness (QED) is 0.653. The van der Waals surface area contributed by atoms with E-state index < -0.39 is 0 Å². The Morgan fingerprint density at radius 3 is 2.56 bits per heavy atom. The molecule has 0 atom stereocenters. The maximum absolute atomic E-state index is 12.3. The van der Waals surface area contributed by atoms with Crippen LogP contribution in [-0.2, 0) is 4.74 Å². The number of ether oxygens (including phenoxy) is 2. The molecule has 1 amide bonds. The van der Waals surface area contributed by atoms with Gasteiger partial charge in [0.25, 0.3) is 5.91 Å². The van der Waals surface area contributed by atoms with Crippen molar-refractivity contribution in [3.05, 3.63) is 48.7 Å². The Kier molecular flexibility index (Phi) is 6.06. The highest BCUT2D eigenvalue weighted by atomic mass is 16.5. The van der Waals surface area contributed by atoms with E-state index in [0.29, 0.717) is 19.1 Å². The second-order valence-corrected chi connectivity index (χ2v) is 8.09. The van der Waals surface area contributed by atoms with Gasteiger partial charge in [0, 0.05) is 43.8 Å². The van der Waals surface area contributed by atoms with Crippen LogP contribution in [-0.4, -0.2) is 64.3 Å². The zero-order valence-electron chi connectivity index (χ0n) is 17.8. The van der Waals surface area contributed by atoms with Crippen molar-refractivity contribution in [3.63, 3.8) is 0 Å². The van der Waals surface area contributed by atoms with Gasteiger partial charge < -0.3 is 19.7 Å². The number of anilines is 1. The summed E-state index contributed by atoms with van der Waals surface area (Å²) in [5.41, 5.74) is 0.878. The van der Waals surface area contributed by atoms with Gasteiger partial charge in [0.05, 0.1) is 24.1 Å². The molecule has 4 heterocycles. The molecule has 9 nitrogen and oxygen atoms in total. The molecule has 1 aliphatic heterocycles. The molecule has 1 aliphatic carbocycles. The minimum absolute atomic E-state index is 0.0481. The van der Waals surface area contributed by atoms with Gasteiger partial charge in [-0.1, -0.05) is 0 Å². The number of rotatable bonds is 5. The highest BCUT2D eigenvalue weighted by Crippen LogP contribution is 2.31. The normalized spacial score (nSPS) is 21.3. The maximum atomic E-state index is 12.3. The van der Waals surface area contributed by atoms with Gasteiger partial charge in [-0.2, -0.15) is 4.98 Å². The van der Waals surface area contributed by atoms with Crippen molar-refractivity contribution in [1.82, 2.24) is 25.3 Å². The Morgan fingerprint density at radius 1 is 1.03 bits per heavy atom. The van der Waals surface area contributed by atoms with Crippen LogP contribution in [0.15, 0.2) is 42.9 Å². The molecule has 0 spiro atoms. The Bertz CT molecular complexity index is 1070. The van der Waals surface area contributed by atoms with E-state index in [9.17, 15) is 4.79 Å². The van der Waals surface area contributed by atoms with E-state index in [0.717, 1.165) is 55.5 Å². The van der Waals surface area contributed by atoms with Gasteiger partial charge in [-0.05, 0) is 43.9 Å². The molecule has 2 fully saturated rings. The van der Waals surface area contributed by atoms with E-state index in [1.54, 1.807) is 24.7 Å². The lowest BCUT2D eigenvalue weighted by molar-refractivity contribution is 0.0881. The van der Waals surface area contributed by atoms with Crippen LogP contribution < -0.4 is 15.0 Å². The minimum atomic E-state index is -0.230. The molecule has 9 heteroatoms. The first kappa shape index (κ1) is 20.6. The lowest BCUT2D eigenvalue weighted by Crippen LogP contribution is -2.40. The molecule has 1 N–H and O–H groups in total. The SMILES string of the molecule is O=C(NC1CCC(Oc2nc(N3CCOCC3)cc3ncccc23)CC1)c1ncccn1. The Hall–Kier alpha value is -3.33. The number of fused-ring (bicyclic) bond motifs is 1. The molecule has 1 saturated carbocycles. The molecule has 166 valence electrons. The fourth-order valence-electron chi connectivity index (χ4n) is 4.23. The average Bonchev–Trinajstić information content (AvgIpc) is 2.86. The van der Waals surface area contributed by atoms with Crippen LogP contribution in [0.4, 0.5) is 5.82 Å². The van der Waals surface area contributed by atoms with E-state index in [2.05, 4.69) is 25.2 Å². The Labute approximate surface area is 186 Å². The summed E-state index contributed by atoms with van der Waals surface area (Å²) in [6.45, 7) is 3.01. The van der Waals surface area contributed by atoms with E-state index >= 15 is 0 Å². The Balaban J connectivity index is 1.25. The number of aromatic nitrogens is 4. The van der Waals surface area contributed by atoms with E-state index in [1.807, 2.05) is 18.2 Å². The number of pyridine rings is 2. The van der Waals surface area contributed by atoms with Gasteiger partial charge >= 0.3 is 0 Å². The smallest absolute Gasteiger partial charge is 0.289 e. The molecule has 0 aromatic carbocycles. The molecule has 3 aromatic heterocycles. The van der Waals surface area contributed by atoms with Crippen molar-refractivity contribution < 1.29 is 14.3 Å². The summed E-state index contributed by atoms with van der Waals surface area (Å²) >= 11 is 0. The van der Waals surface area contributed by atoms with Crippen LogP contribution in [0.25, 0.3) is 10.9 Å². The van der Waals surface area contributed by atoms with Crippen LogP contribution in [0, 0.1) is 0 Å². The highest BCUT2D eigenvalue weighted by molar-refractivity contribution is 5.90. The number of carbonyl (C=O) groups excluding carboxylic acids is 1. The summed E-state index contributed by atoms with van der Waals surface area (Å²) in [4.78, 5) is 31.9. The van der Waals surface area contributed by atoms with Gasteiger partial charge in [-0.3, -0.25) is 9.78 Å². The predicted octanol–water partition coefficient (Wildman–Crippen LogP) is 2.38. The van der Waals surface area contributed by atoms with Crippen molar-refractivity contribution in [1.29, 1.82) is 0 Å². The fraction of sp³-hybridized carbons (Fsp3) is 0.435.